The van der Waals surface area contributed by atoms with E-state index >= 15 is 0 Å². The average molecular weight is 292 g/mol. The van der Waals surface area contributed by atoms with Crippen LogP contribution in [0.2, 0.25) is 0 Å². The molecule has 0 aliphatic rings. The molecule has 2 N–H and O–H groups in total. The maximum Gasteiger partial charge on any atom is 0.407 e. The number of ether oxygens (including phenoxy) is 1. The Labute approximate surface area is 126 Å². The van der Waals surface area contributed by atoms with E-state index in [9.17, 15) is 9.59 Å². The zero-order chi connectivity index (χ0) is 15.8. The van der Waals surface area contributed by atoms with Crippen LogP contribution in [0.15, 0.2) is 30.3 Å². The molecule has 1 rings (SSSR count). The van der Waals surface area contributed by atoms with Gasteiger partial charge in [-0.2, -0.15) is 0 Å². The fourth-order valence-electron chi connectivity index (χ4n) is 1.69. The van der Waals surface area contributed by atoms with Gasteiger partial charge in [0.15, 0.2) is 0 Å². The third-order valence-electron chi connectivity index (χ3n) is 2.93. The standard InChI is InChI=1S/C16H24N2O3/c1-11(2)10-21-16(20)18-13(4)15(19)17-12(3)14-8-6-5-7-9-14/h5-9,11-13H,10H2,1-4H3,(H,17,19)(H,18,20)/t12-,13+/m1/s1. The molecule has 2 atom stereocenters. The second kappa shape index (κ2) is 8.29. The van der Waals surface area contributed by atoms with Crippen molar-refractivity contribution in [1.82, 2.24) is 10.6 Å². The highest BCUT2D eigenvalue weighted by molar-refractivity contribution is 5.85. The number of alkyl carbamates (subject to hydrolysis) is 1. The van der Waals surface area contributed by atoms with E-state index in [2.05, 4.69) is 10.6 Å². The van der Waals surface area contributed by atoms with Crippen LogP contribution in [0.5, 0.6) is 0 Å². The molecule has 116 valence electrons. The van der Waals surface area contributed by atoms with Crippen LogP contribution in [0, 0.1) is 5.92 Å². The van der Waals surface area contributed by atoms with Crippen LogP contribution in [-0.2, 0) is 9.53 Å². The molecule has 0 unspecified atom stereocenters. The molecule has 0 aromatic heterocycles. The second-order valence-electron chi connectivity index (χ2n) is 5.50. The number of benzene rings is 1. The highest BCUT2D eigenvalue weighted by Crippen LogP contribution is 2.11. The Morgan fingerprint density at radius 1 is 1.05 bits per heavy atom. The van der Waals surface area contributed by atoms with Crippen LogP contribution in [0.4, 0.5) is 4.79 Å². The Morgan fingerprint density at radius 2 is 1.67 bits per heavy atom. The summed E-state index contributed by atoms with van der Waals surface area (Å²) in [5, 5.41) is 5.38. The summed E-state index contributed by atoms with van der Waals surface area (Å²) in [6.45, 7) is 7.76. The van der Waals surface area contributed by atoms with Crippen molar-refractivity contribution in [3.05, 3.63) is 35.9 Å². The molecule has 21 heavy (non-hydrogen) atoms. The molecule has 0 bridgehead atoms. The average Bonchev–Trinajstić information content (AvgIpc) is 2.45. The molecule has 0 fully saturated rings. The molecule has 0 saturated carbocycles. The third kappa shape index (κ3) is 6.29. The summed E-state index contributed by atoms with van der Waals surface area (Å²) < 4.78 is 4.98. The van der Waals surface area contributed by atoms with Gasteiger partial charge in [0.2, 0.25) is 5.91 Å². The van der Waals surface area contributed by atoms with Crippen molar-refractivity contribution in [3.63, 3.8) is 0 Å². The number of rotatable bonds is 6. The first-order chi connectivity index (χ1) is 9.90. The zero-order valence-corrected chi connectivity index (χ0v) is 13.1. The highest BCUT2D eigenvalue weighted by Gasteiger charge is 2.18. The SMILES string of the molecule is CC(C)COC(=O)N[C@@H](C)C(=O)N[C@H](C)c1ccccc1. The van der Waals surface area contributed by atoms with E-state index < -0.39 is 12.1 Å². The van der Waals surface area contributed by atoms with Crippen molar-refractivity contribution in [2.75, 3.05) is 6.61 Å². The lowest BCUT2D eigenvalue weighted by Gasteiger charge is -2.19. The molecule has 0 radical (unpaired) electrons. The fraction of sp³-hybridized carbons (Fsp3) is 0.500. The van der Waals surface area contributed by atoms with Gasteiger partial charge in [-0.05, 0) is 25.3 Å². The first kappa shape index (κ1) is 17.0. The van der Waals surface area contributed by atoms with Gasteiger partial charge in [0.25, 0.3) is 0 Å². The van der Waals surface area contributed by atoms with E-state index in [-0.39, 0.29) is 17.9 Å². The summed E-state index contributed by atoms with van der Waals surface area (Å²) >= 11 is 0. The van der Waals surface area contributed by atoms with Gasteiger partial charge in [-0.25, -0.2) is 4.79 Å². The number of hydrogen-bond acceptors (Lipinski definition) is 3. The first-order valence-electron chi connectivity index (χ1n) is 7.18. The van der Waals surface area contributed by atoms with Gasteiger partial charge < -0.3 is 15.4 Å². The zero-order valence-electron chi connectivity index (χ0n) is 13.1. The Balaban J connectivity index is 2.42. The van der Waals surface area contributed by atoms with Crippen LogP contribution >= 0.6 is 0 Å². The molecule has 0 spiro atoms. The topological polar surface area (TPSA) is 67.4 Å². The molecule has 0 aliphatic carbocycles. The largest absolute Gasteiger partial charge is 0.449 e. The molecule has 1 aromatic rings. The smallest absolute Gasteiger partial charge is 0.407 e. The number of carbonyl (C=O) groups excluding carboxylic acids is 2. The van der Waals surface area contributed by atoms with Crippen LogP contribution < -0.4 is 10.6 Å². The van der Waals surface area contributed by atoms with Gasteiger partial charge in [0.05, 0.1) is 12.6 Å². The number of amides is 2. The van der Waals surface area contributed by atoms with Crippen molar-refractivity contribution < 1.29 is 14.3 Å². The maximum absolute atomic E-state index is 12.0. The van der Waals surface area contributed by atoms with Gasteiger partial charge in [-0.3, -0.25) is 4.79 Å². The van der Waals surface area contributed by atoms with Crippen molar-refractivity contribution in [3.8, 4) is 0 Å². The predicted molar refractivity (Wildman–Crippen MR) is 81.8 cm³/mol. The first-order valence-corrected chi connectivity index (χ1v) is 7.18. The second-order valence-corrected chi connectivity index (χ2v) is 5.50. The van der Waals surface area contributed by atoms with Crippen LogP contribution in [0.3, 0.4) is 0 Å². The molecule has 5 heteroatoms. The Kier molecular flexibility index (Phi) is 6.72. The molecule has 0 aliphatic heterocycles. The van der Waals surface area contributed by atoms with E-state index in [4.69, 9.17) is 4.74 Å². The lowest BCUT2D eigenvalue weighted by Crippen LogP contribution is -2.45. The number of hydrogen-bond donors (Lipinski definition) is 2. The summed E-state index contributed by atoms with van der Waals surface area (Å²) in [6.07, 6.45) is -0.571. The molecule has 0 heterocycles. The monoisotopic (exact) mass is 292 g/mol. The van der Waals surface area contributed by atoms with E-state index in [0.717, 1.165) is 5.56 Å². The van der Waals surface area contributed by atoms with Gasteiger partial charge in [0.1, 0.15) is 6.04 Å². The van der Waals surface area contributed by atoms with Crippen LogP contribution in [0.1, 0.15) is 39.3 Å². The Morgan fingerprint density at radius 3 is 2.24 bits per heavy atom. The fourth-order valence-corrected chi connectivity index (χ4v) is 1.69. The number of carbonyl (C=O) groups is 2. The lowest BCUT2D eigenvalue weighted by molar-refractivity contribution is -0.123. The van der Waals surface area contributed by atoms with E-state index in [1.165, 1.54) is 0 Å². The predicted octanol–water partition coefficient (Wildman–Crippen LogP) is 2.63. The summed E-state index contributed by atoms with van der Waals surface area (Å²) in [5.74, 6) is 0.0193. The van der Waals surface area contributed by atoms with Gasteiger partial charge in [0, 0.05) is 0 Å². The van der Waals surface area contributed by atoms with E-state index in [1.54, 1.807) is 6.92 Å². The highest BCUT2D eigenvalue weighted by atomic mass is 16.5. The molecule has 0 saturated heterocycles. The summed E-state index contributed by atoms with van der Waals surface area (Å²) in [4.78, 5) is 23.5. The summed E-state index contributed by atoms with van der Waals surface area (Å²) in [6, 6.07) is 8.89. The third-order valence-corrected chi connectivity index (χ3v) is 2.93. The van der Waals surface area contributed by atoms with Gasteiger partial charge >= 0.3 is 6.09 Å². The van der Waals surface area contributed by atoms with Crippen molar-refractivity contribution in [2.45, 2.75) is 39.8 Å². The van der Waals surface area contributed by atoms with Crippen LogP contribution in [0.25, 0.3) is 0 Å². The van der Waals surface area contributed by atoms with Gasteiger partial charge in [-0.1, -0.05) is 44.2 Å². The minimum absolute atomic E-state index is 0.116. The minimum atomic E-state index is -0.643. The quantitative estimate of drug-likeness (QED) is 0.847. The van der Waals surface area contributed by atoms with Crippen molar-refractivity contribution in [1.29, 1.82) is 0 Å². The maximum atomic E-state index is 12.0. The van der Waals surface area contributed by atoms with Crippen LogP contribution in [-0.4, -0.2) is 24.6 Å². The molecule has 1 aromatic carbocycles. The molecular weight excluding hydrogens is 268 g/mol. The molecular formula is C16H24N2O3. The number of nitrogens with one attached hydrogen (secondary N) is 2. The van der Waals surface area contributed by atoms with Crippen molar-refractivity contribution >= 4 is 12.0 Å². The summed E-state index contributed by atoms with van der Waals surface area (Å²) in [5.41, 5.74) is 1.01. The normalized spacial score (nSPS) is 13.4. The van der Waals surface area contributed by atoms with E-state index in [0.29, 0.717) is 6.61 Å². The Hall–Kier alpha value is -2.04. The summed E-state index contributed by atoms with van der Waals surface area (Å²) in [7, 11) is 0. The Bertz CT molecular complexity index is 460. The minimum Gasteiger partial charge on any atom is -0.449 e. The molecule has 2 amide bonds. The lowest BCUT2D eigenvalue weighted by atomic mass is 10.1. The van der Waals surface area contributed by atoms with Crippen molar-refractivity contribution in [2.24, 2.45) is 5.92 Å². The molecule has 5 nitrogen and oxygen atoms in total. The van der Waals surface area contributed by atoms with Gasteiger partial charge in [-0.15, -0.1) is 0 Å². The van der Waals surface area contributed by atoms with E-state index in [1.807, 2.05) is 51.1 Å².